The van der Waals surface area contributed by atoms with Gasteiger partial charge in [0.15, 0.2) is 5.12 Å². The molecule has 1 aliphatic heterocycles. The van der Waals surface area contributed by atoms with Crippen LogP contribution in [0.5, 0.6) is 0 Å². The average Bonchev–Trinajstić information content (AvgIpc) is 2.86. The second kappa shape index (κ2) is 5.92. The van der Waals surface area contributed by atoms with Crippen molar-refractivity contribution in [2.24, 2.45) is 5.92 Å². The Balaban J connectivity index is 1.85. The summed E-state index contributed by atoms with van der Waals surface area (Å²) in [4.78, 5) is 33.5. The maximum atomic E-state index is 12.2. The number of nitrogens with two attached hydrogens (primary N) is 1. The second-order valence-corrected chi connectivity index (χ2v) is 6.50. The molecule has 0 radical (unpaired) electrons. The van der Waals surface area contributed by atoms with E-state index in [2.05, 4.69) is 9.97 Å². The Morgan fingerprint density at radius 1 is 1.41 bits per heavy atom. The summed E-state index contributed by atoms with van der Waals surface area (Å²) in [6.07, 6.45) is 0.413. The first-order valence-corrected chi connectivity index (χ1v) is 7.99. The van der Waals surface area contributed by atoms with Gasteiger partial charge < -0.3 is 5.73 Å². The first-order valence-electron chi connectivity index (χ1n) is 7.00. The van der Waals surface area contributed by atoms with Gasteiger partial charge in [0, 0.05) is 31.0 Å². The summed E-state index contributed by atoms with van der Waals surface area (Å²) < 4.78 is 0. The minimum atomic E-state index is -0.0242. The maximum absolute atomic E-state index is 12.2. The standard InChI is InChI=1S/C15H16N4O2S/c1-9(20)22-8-10-6-13(21)19(7-10)15-17-12-5-3-2-4-11(12)14(16)18-15/h2-5,10H,6-8H2,1H3,(H2,16,17,18). The number of nitrogen functional groups attached to an aromatic ring is 1. The van der Waals surface area contributed by atoms with Gasteiger partial charge in [-0.1, -0.05) is 23.9 Å². The van der Waals surface area contributed by atoms with Crippen LogP contribution in [0.25, 0.3) is 10.9 Å². The molecule has 1 amide bonds. The van der Waals surface area contributed by atoms with Crippen molar-refractivity contribution in [3.05, 3.63) is 24.3 Å². The van der Waals surface area contributed by atoms with E-state index in [-0.39, 0.29) is 16.9 Å². The molecule has 1 fully saturated rings. The molecule has 1 aromatic heterocycles. The first-order chi connectivity index (χ1) is 10.5. The van der Waals surface area contributed by atoms with E-state index in [1.807, 2.05) is 24.3 Å². The number of para-hydroxylation sites is 1. The quantitative estimate of drug-likeness (QED) is 0.929. The zero-order valence-electron chi connectivity index (χ0n) is 12.2. The number of carbonyl (C=O) groups excluding carboxylic acids is 2. The molecule has 1 saturated heterocycles. The van der Waals surface area contributed by atoms with Gasteiger partial charge in [-0.25, -0.2) is 4.98 Å². The lowest BCUT2D eigenvalue weighted by atomic mass is 10.1. The zero-order valence-corrected chi connectivity index (χ0v) is 13.0. The molecule has 1 aliphatic rings. The molecule has 0 aliphatic carbocycles. The van der Waals surface area contributed by atoms with Crippen molar-refractivity contribution in [2.45, 2.75) is 13.3 Å². The van der Waals surface area contributed by atoms with Gasteiger partial charge in [0.05, 0.1) is 5.52 Å². The molecule has 22 heavy (non-hydrogen) atoms. The van der Waals surface area contributed by atoms with E-state index in [0.29, 0.717) is 30.5 Å². The van der Waals surface area contributed by atoms with Crippen LogP contribution in [0.4, 0.5) is 11.8 Å². The summed E-state index contributed by atoms with van der Waals surface area (Å²) in [5, 5.41) is 0.846. The molecular formula is C15H16N4O2S. The molecule has 1 unspecified atom stereocenters. The molecule has 0 bridgehead atoms. The number of fused-ring (bicyclic) bond motifs is 1. The summed E-state index contributed by atoms with van der Waals surface area (Å²) >= 11 is 1.25. The normalized spacial score (nSPS) is 18.1. The van der Waals surface area contributed by atoms with E-state index in [9.17, 15) is 9.59 Å². The Morgan fingerprint density at radius 2 is 2.18 bits per heavy atom. The Labute approximate surface area is 132 Å². The fraction of sp³-hybridized carbons (Fsp3) is 0.333. The van der Waals surface area contributed by atoms with E-state index >= 15 is 0 Å². The monoisotopic (exact) mass is 316 g/mol. The lowest BCUT2D eigenvalue weighted by Gasteiger charge is -2.15. The van der Waals surface area contributed by atoms with Crippen molar-refractivity contribution in [3.8, 4) is 0 Å². The molecule has 1 atom stereocenters. The highest BCUT2D eigenvalue weighted by atomic mass is 32.2. The van der Waals surface area contributed by atoms with Crippen molar-refractivity contribution in [1.82, 2.24) is 9.97 Å². The first kappa shape index (κ1) is 14.8. The van der Waals surface area contributed by atoms with Crippen LogP contribution in [0, 0.1) is 5.92 Å². The summed E-state index contributed by atoms with van der Waals surface area (Å²) in [7, 11) is 0. The second-order valence-electron chi connectivity index (χ2n) is 5.30. The highest BCUT2D eigenvalue weighted by Gasteiger charge is 2.32. The number of anilines is 2. The van der Waals surface area contributed by atoms with E-state index in [0.717, 1.165) is 10.9 Å². The molecular weight excluding hydrogens is 300 g/mol. The van der Waals surface area contributed by atoms with Gasteiger partial charge in [-0.2, -0.15) is 4.98 Å². The van der Waals surface area contributed by atoms with Crippen molar-refractivity contribution in [2.75, 3.05) is 22.9 Å². The zero-order chi connectivity index (χ0) is 15.7. The van der Waals surface area contributed by atoms with Crippen molar-refractivity contribution < 1.29 is 9.59 Å². The van der Waals surface area contributed by atoms with Gasteiger partial charge in [0.1, 0.15) is 5.82 Å². The van der Waals surface area contributed by atoms with E-state index in [1.54, 1.807) is 4.90 Å². The fourth-order valence-electron chi connectivity index (χ4n) is 2.53. The summed E-state index contributed by atoms with van der Waals surface area (Å²) in [5.74, 6) is 1.47. The predicted molar refractivity (Wildman–Crippen MR) is 87.5 cm³/mol. The number of aromatic nitrogens is 2. The van der Waals surface area contributed by atoms with Crippen LogP contribution in [0.3, 0.4) is 0 Å². The fourth-order valence-corrected chi connectivity index (χ4v) is 3.22. The summed E-state index contributed by atoms with van der Waals surface area (Å²) in [6, 6.07) is 7.45. The smallest absolute Gasteiger partial charge is 0.234 e. The molecule has 2 aromatic rings. The van der Waals surface area contributed by atoms with Crippen LogP contribution >= 0.6 is 11.8 Å². The minimum absolute atomic E-state index is 0.0242. The molecule has 3 rings (SSSR count). The third kappa shape index (κ3) is 2.89. The number of benzene rings is 1. The SMILES string of the molecule is CC(=O)SCC1CC(=O)N(c2nc(N)c3ccccc3n2)C1. The summed E-state index contributed by atoms with van der Waals surface area (Å²) in [6.45, 7) is 2.06. The molecule has 114 valence electrons. The largest absolute Gasteiger partial charge is 0.383 e. The third-order valence-corrected chi connectivity index (χ3v) is 4.63. The number of hydrogen-bond donors (Lipinski definition) is 1. The van der Waals surface area contributed by atoms with Gasteiger partial charge in [-0.3, -0.25) is 14.5 Å². The van der Waals surface area contributed by atoms with Crippen molar-refractivity contribution in [1.29, 1.82) is 0 Å². The van der Waals surface area contributed by atoms with Crippen molar-refractivity contribution >= 4 is 45.5 Å². The average molecular weight is 316 g/mol. The number of nitrogens with zero attached hydrogens (tertiary/aromatic N) is 3. The van der Waals surface area contributed by atoms with Crippen LogP contribution in [-0.4, -0.2) is 33.3 Å². The number of hydrogen-bond acceptors (Lipinski definition) is 6. The Bertz CT molecular complexity index is 749. The van der Waals surface area contributed by atoms with Gasteiger partial charge in [-0.05, 0) is 18.1 Å². The predicted octanol–water partition coefficient (Wildman–Crippen LogP) is 1.84. The number of amides is 1. The maximum Gasteiger partial charge on any atom is 0.234 e. The van der Waals surface area contributed by atoms with Crippen LogP contribution in [0.2, 0.25) is 0 Å². The molecule has 0 saturated carbocycles. The molecule has 6 nitrogen and oxygen atoms in total. The number of thioether (sulfide) groups is 1. The van der Waals surface area contributed by atoms with Gasteiger partial charge >= 0.3 is 0 Å². The minimum Gasteiger partial charge on any atom is -0.383 e. The van der Waals surface area contributed by atoms with Crippen LogP contribution < -0.4 is 10.6 Å². The Morgan fingerprint density at radius 3 is 2.95 bits per heavy atom. The van der Waals surface area contributed by atoms with Crippen LogP contribution in [0.15, 0.2) is 24.3 Å². The molecule has 0 spiro atoms. The van der Waals surface area contributed by atoms with Gasteiger partial charge in [0.2, 0.25) is 11.9 Å². The molecule has 2 heterocycles. The molecule has 1 aromatic carbocycles. The van der Waals surface area contributed by atoms with Gasteiger partial charge in [-0.15, -0.1) is 0 Å². The number of rotatable bonds is 3. The lowest BCUT2D eigenvalue weighted by molar-refractivity contribution is -0.117. The molecule has 2 N–H and O–H groups in total. The highest BCUT2D eigenvalue weighted by Crippen LogP contribution is 2.28. The van der Waals surface area contributed by atoms with E-state index < -0.39 is 0 Å². The summed E-state index contributed by atoms with van der Waals surface area (Å²) in [5.41, 5.74) is 6.69. The topological polar surface area (TPSA) is 89.2 Å². The number of carbonyl (C=O) groups is 2. The molecule has 7 heteroatoms. The van der Waals surface area contributed by atoms with E-state index in [1.165, 1.54) is 18.7 Å². The van der Waals surface area contributed by atoms with Gasteiger partial charge in [0.25, 0.3) is 0 Å². The van der Waals surface area contributed by atoms with E-state index in [4.69, 9.17) is 5.73 Å². The Hall–Kier alpha value is -2.15. The van der Waals surface area contributed by atoms with Crippen molar-refractivity contribution in [3.63, 3.8) is 0 Å². The Kier molecular flexibility index (Phi) is 3.98. The highest BCUT2D eigenvalue weighted by molar-refractivity contribution is 8.13. The lowest BCUT2D eigenvalue weighted by Crippen LogP contribution is -2.27. The third-order valence-electron chi connectivity index (χ3n) is 3.59. The van der Waals surface area contributed by atoms with Crippen LogP contribution in [-0.2, 0) is 9.59 Å². The van der Waals surface area contributed by atoms with Crippen LogP contribution in [0.1, 0.15) is 13.3 Å².